The summed E-state index contributed by atoms with van der Waals surface area (Å²) in [5, 5.41) is 0. The second kappa shape index (κ2) is 5.08. The minimum Gasteiger partial charge on any atom is -0.446 e. The van der Waals surface area contributed by atoms with Gasteiger partial charge in [-0.3, -0.25) is 0 Å². The van der Waals surface area contributed by atoms with Crippen molar-refractivity contribution in [1.29, 1.82) is 0 Å². The van der Waals surface area contributed by atoms with Crippen molar-refractivity contribution in [3.05, 3.63) is 35.9 Å². The highest BCUT2D eigenvalue weighted by Gasteiger charge is 2.08. The smallest absolute Gasteiger partial charge is 0.339 e. The van der Waals surface area contributed by atoms with Crippen LogP contribution in [0.4, 0.5) is 0 Å². The molecular weight excluding hydrogens is 176 g/mol. The highest BCUT2D eigenvalue weighted by atomic mass is 16.5. The van der Waals surface area contributed by atoms with Crippen LogP contribution < -0.4 is 0 Å². The van der Waals surface area contributed by atoms with Gasteiger partial charge < -0.3 is 4.74 Å². The predicted molar refractivity (Wildman–Crippen MR) is 54.8 cm³/mol. The van der Waals surface area contributed by atoms with Crippen molar-refractivity contribution in [3.8, 4) is 11.8 Å². The summed E-state index contributed by atoms with van der Waals surface area (Å²) in [4.78, 5) is 11.4. The van der Waals surface area contributed by atoms with E-state index in [1.165, 1.54) is 0 Å². The van der Waals surface area contributed by atoms with Crippen LogP contribution in [0.15, 0.2) is 30.3 Å². The zero-order chi connectivity index (χ0) is 10.4. The van der Waals surface area contributed by atoms with Gasteiger partial charge in [-0.05, 0) is 26.0 Å². The van der Waals surface area contributed by atoms with Gasteiger partial charge in [-0.1, -0.05) is 24.1 Å². The van der Waals surface area contributed by atoms with Gasteiger partial charge in [-0.2, -0.15) is 0 Å². The van der Waals surface area contributed by atoms with E-state index in [1.807, 2.05) is 6.07 Å². The highest BCUT2D eigenvalue weighted by molar-refractivity contribution is 5.89. The van der Waals surface area contributed by atoms with Gasteiger partial charge in [-0.15, -0.1) is 5.92 Å². The van der Waals surface area contributed by atoms with E-state index in [1.54, 1.807) is 38.1 Å². The molecule has 0 bridgehead atoms. The maximum Gasteiger partial charge on any atom is 0.339 e. The van der Waals surface area contributed by atoms with E-state index in [0.29, 0.717) is 5.56 Å². The Labute approximate surface area is 83.9 Å². The molecule has 0 aliphatic heterocycles. The summed E-state index contributed by atoms with van der Waals surface area (Å²) in [6.45, 7) is 3.46. The molecule has 72 valence electrons. The maximum absolute atomic E-state index is 11.4. The molecule has 0 unspecified atom stereocenters. The monoisotopic (exact) mass is 188 g/mol. The van der Waals surface area contributed by atoms with E-state index in [2.05, 4.69) is 11.8 Å². The second-order valence-electron chi connectivity index (χ2n) is 2.81. The summed E-state index contributed by atoms with van der Waals surface area (Å²) in [5.74, 6) is 5.12. The summed E-state index contributed by atoms with van der Waals surface area (Å²) >= 11 is 0. The fourth-order valence-electron chi connectivity index (χ4n) is 1.04. The third-order valence-electron chi connectivity index (χ3n) is 1.64. The Kier molecular flexibility index (Phi) is 3.75. The van der Waals surface area contributed by atoms with Crippen LogP contribution in [0.25, 0.3) is 0 Å². The molecule has 0 aliphatic rings. The van der Waals surface area contributed by atoms with Crippen molar-refractivity contribution >= 4 is 5.97 Å². The molecule has 0 aromatic heterocycles. The summed E-state index contributed by atoms with van der Waals surface area (Å²) < 4.78 is 5.06. The van der Waals surface area contributed by atoms with E-state index >= 15 is 0 Å². The lowest BCUT2D eigenvalue weighted by molar-refractivity contribution is 0.0438. The molecule has 0 saturated heterocycles. The van der Waals surface area contributed by atoms with Crippen LogP contribution in [0, 0.1) is 11.8 Å². The SMILES string of the molecule is CC#C[C@@H](C)OC(=O)c1ccccc1. The van der Waals surface area contributed by atoms with Crippen LogP contribution in [-0.4, -0.2) is 12.1 Å². The minimum absolute atomic E-state index is 0.333. The van der Waals surface area contributed by atoms with Crippen LogP contribution in [0.1, 0.15) is 24.2 Å². The van der Waals surface area contributed by atoms with Crippen molar-refractivity contribution in [2.75, 3.05) is 0 Å². The lowest BCUT2D eigenvalue weighted by Gasteiger charge is -2.06. The zero-order valence-electron chi connectivity index (χ0n) is 8.28. The fraction of sp³-hybridized carbons (Fsp3) is 0.250. The van der Waals surface area contributed by atoms with Gasteiger partial charge >= 0.3 is 5.97 Å². The molecule has 2 heteroatoms. The Balaban J connectivity index is 2.62. The Morgan fingerprint density at radius 3 is 2.57 bits per heavy atom. The summed E-state index contributed by atoms with van der Waals surface area (Å²) in [7, 11) is 0. The van der Waals surface area contributed by atoms with Crippen LogP contribution in [0.2, 0.25) is 0 Å². The first kappa shape index (κ1) is 10.3. The van der Waals surface area contributed by atoms with Crippen molar-refractivity contribution in [2.24, 2.45) is 0 Å². The van der Waals surface area contributed by atoms with Crippen LogP contribution in [0.5, 0.6) is 0 Å². The van der Waals surface area contributed by atoms with Crippen LogP contribution in [0.3, 0.4) is 0 Å². The van der Waals surface area contributed by atoms with Crippen molar-refractivity contribution in [3.63, 3.8) is 0 Å². The lowest BCUT2D eigenvalue weighted by Crippen LogP contribution is -2.12. The molecular formula is C12H12O2. The number of hydrogen-bond donors (Lipinski definition) is 0. The number of ether oxygens (including phenoxy) is 1. The van der Waals surface area contributed by atoms with E-state index < -0.39 is 0 Å². The van der Waals surface area contributed by atoms with Gasteiger partial charge in [-0.25, -0.2) is 4.79 Å². The molecule has 1 rings (SSSR count). The van der Waals surface area contributed by atoms with Crippen LogP contribution in [-0.2, 0) is 4.74 Å². The first-order valence-electron chi connectivity index (χ1n) is 4.42. The fourth-order valence-corrected chi connectivity index (χ4v) is 1.04. The Hall–Kier alpha value is -1.75. The van der Waals surface area contributed by atoms with Crippen molar-refractivity contribution < 1.29 is 9.53 Å². The molecule has 2 nitrogen and oxygen atoms in total. The maximum atomic E-state index is 11.4. The number of carbonyl (C=O) groups excluding carboxylic acids is 1. The predicted octanol–water partition coefficient (Wildman–Crippen LogP) is 2.26. The van der Waals surface area contributed by atoms with E-state index in [4.69, 9.17) is 4.74 Å². The Morgan fingerprint density at radius 2 is 2.00 bits per heavy atom. The average Bonchev–Trinajstić information content (AvgIpc) is 2.19. The topological polar surface area (TPSA) is 26.3 Å². The number of rotatable bonds is 2. The van der Waals surface area contributed by atoms with Crippen LogP contribution >= 0.6 is 0 Å². The molecule has 0 N–H and O–H groups in total. The molecule has 0 radical (unpaired) electrons. The molecule has 0 aliphatic carbocycles. The highest BCUT2D eigenvalue weighted by Crippen LogP contribution is 2.02. The second-order valence-corrected chi connectivity index (χ2v) is 2.81. The molecule has 0 fully saturated rings. The van der Waals surface area contributed by atoms with Gasteiger partial charge in [0.1, 0.15) is 0 Å². The average molecular weight is 188 g/mol. The third-order valence-corrected chi connectivity index (χ3v) is 1.64. The van der Waals surface area contributed by atoms with E-state index in [0.717, 1.165) is 0 Å². The minimum atomic E-state index is -0.354. The van der Waals surface area contributed by atoms with Gasteiger partial charge in [0.05, 0.1) is 5.56 Å². The third kappa shape index (κ3) is 2.95. The first-order chi connectivity index (χ1) is 6.74. The quantitative estimate of drug-likeness (QED) is 0.525. The Bertz CT molecular complexity index is 357. The van der Waals surface area contributed by atoms with Gasteiger partial charge in [0.15, 0.2) is 6.10 Å². The largest absolute Gasteiger partial charge is 0.446 e. The normalized spacial score (nSPS) is 11.0. The number of benzene rings is 1. The van der Waals surface area contributed by atoms with Gasteiger partial charge in [0.2, 0.25) is 0 Å². The molecule has 0 saturated carbocycles. The first-order valence-corrected chi connectivity index (χ1v) is 4.42. The molecule has 0 amide bonds. The molecule has 1 aromatic carbocycles. The number of carbonyl (C=O) groups is 1. The van der Waals surface area contributed by atoms with E-state index in [-0.39, 0.29) is 12.1 Å². The number of hydrogen-bond acceptors (Lipinski definition) is 2. The molecule has 0 spiro atoms. The standard InChI is InChI=1S/C12H12O2/c1-3-7-10(2)14-12(13)11-8-5-4-6-9-11/h4-6,8-10H,1-2H3/t10-/m1/s1. The molecule has 0 heterocycles. The molecule has 14 heavy (non-hydrogen) atoms. The van der Waals surface area contributed by atoms with Gasteiger partial charge in [0.25, 0.3) is 0 Å². The van der Waals surface area contributed by atoms with Crippen molar-refractivity contribution in [1.82, 2.24) is 0 Å². The van der Waals surface area contributed by atoms with E-state index in [9.17, 15) is 4.79 Å². The van der Waals surface area contributed by atoms with Crippen molar-refractivity contribution in [2.45, 2.75) is 20.0 Å². The Morgan fingerprint density at radius 1 is 1.36 bits per heavy atom. The summed E-state index contributed by atoms with van der Waals surface area (Å²) in [6, 6.07) is 8.88. The van der Waals surface area contributed by atoms with Gasteiger partial charge in [0, 0.05) is 0 Å². The molecule has 1 aromatic rings. The zero-order valence-corrected chi connectivity index (χ0v) is 8.28. The lowest BCUT2D eigenvalue weighted by atomic mass is 10.2. The summed E-state index contributed by atoms with van der Waals surface area (Å²) in [5.41, 5.74) is 0.553. The molecule has 1 atom stereocenters. The number of esters is 1. The summed E-state index contributed by atoms with van der Waals surface area (Å²) in [6.07, 6.45) is -0.354.